The summed E-state index contributed by atoms with van der Waals surface area (Å²) in [5.74, 6) is 0.240. The van der Waals surface area contributed by atoms with E-state index in [1.807, 2.05) is 0 Å². The van der Waals surface area contributed by atoms with Gasteiger partial charge in [-0.05, 0) is 29.8 Å². The van der Waals surface area contributed by atoms with E-state index < -0.39 is 10.0 Å². The molecule has 0 atom stereocenters. The van der Waals surface area contributed by atoms with Gasteiger partial charge in [-0.15, -0.1) is 0 Å². The van der Waals surface area contributed by atoms with Crippen LogP contribution in [0.1, 0.15) is 11.3 Å². The number of amides is 2. The molecule has 1 aromatic heterocycles. The topological polar surface area (TPSA) is 101 Å². The lowest BCUT2D eigenvalue weighted by molar-refractivity contribution is 0.0421. The molecule has 2 aliphatic heterocycles. The molecule has 0 radical (unpaired) electrons. The van der Waals surface area contributed by atoms with E-state index in [0.717, 1.165) is 11.3 Å². The van der Waals surface area contributed by atoms with Gasteiger partial charge in [-0.3, -0.25) is 9.71 Å². The van der Waals surface area contributed by atoms with Crippen molar-refractivity contribution in [2.45, 2.75) is 17.9 Å². The van der Waals surface area contributed by atoms with Crippen molar-refractivity contribution < 1.29 is 22.7 Å². The number of aromatic nitrogens is 1. The molecule has 0 unspecified atom stereocenters. The van der Waals surface area contributed by atoms with Crippen LogP contribution in [-0.4, -0.2) is 69.2 Å². The molecular weight excluding hydrogens is 488 g/mol. The number of nitrogens with zero attached hydrogens (tertiary/aromatic N) is 3. The number of methoxy groups -OCH3 is 1. The number of nitrogens with one attached hydrogen (secondary N) is 1. The molecule has 0 spiro atoms. The summed E-state index contributed by atoms with van der Waals surface area (Å²) in [5, 5.41) is 0. The van der Waals surface area contributed by atoms with E-state index in [1.165, 1.54) is 19.4 Å². The van der Waals surface area contributed by atoms with Crippen LogP contribution in [0.25, 0.3) is 0 Å². The number of halogens is 1. The molecule has 0 aliphatic carbocycles. The number of hydrogen-bond acceptors (Lipinski definition) is 6. The first kappa shape index (κ1) is 21.8. The predicted octanol–water partition coefficient (Wildman–Crippen LogP) is 2.46. The average molecular weight is 511 g/mol. The molecule has 9 nitrogen and oxygen atoms in total. The Labute approximate surface area is 189 Å². The van der Waals surface area contributed by atoms with Gasteiger partial charge in [-0.25, -0.2) is 13.2 Å². The minimum atomic E-state index is -3.90. The van der Waals surface area contributed by atoms with E-state index in [2.05, 4.69) is 25.6 Å². The highest BCUT2D eigenvalue weighted by atomic mass is 79.9. The average Bonchev–Trinajstić information content (AvgIpc) is 2.78. The number of benzene rings is 1. The first-order valence-electron chi connectivity index (χ1n) is 9.83. The molecule has 3 heterocycles. The fourth-order valence-electron chi connectivity index (χ4n) is 3.67. The maximum Gasteiger partial charge on any atom is 0.320 e. The number of sulfonamides is 1. The third-order valence-corrected chi connectivity index (χ3v) is 7.15. The summed E-state index contributed by atoms with van der Waals surface area (Å²) in [6.45, 7) is 3.21. The molecule has 166 valence electrons. The second kappa shape index (κ2) is 9.01. The zero-order valence-corrected chi connectivity index (χ0v) is 19.4. The number of hydrogen-bond donors (Lipinski definition) is 1. The third kappa shape index (κ3) is 4.78. The summed E-state index contributed by atoms with van der Waals surface area (Å²) in [5.41, 5.74) is 2.03. The van der Waals surface area contributed by atoms with Crippen LogP contribution in [0.4, 0.5) is 10.5 Å². The minimum absolute atomic E-state index is 0.0196. The SMILES string of the molecule is COc1ccc(Br)cc1S(=O)(=O)Nc1cnc2c(c1)CN(C(=O)N1CCOCC1)CC2. The maximum absolute atomic E-state index is 13.0. The lowest BCUT2D eigenvalue weighted by atomic mass is 10.1. The van der Waals surface area contributed by atoms with Crippen LogP contribution < -0.4 is 9.46 Å². The van der Waals surface area contributed by atoms with Crippen LogP contribution in [0.15, 0.2) is 39.8 Å². The van der Waals surface area contributed by atoms with Crippen molar-refractivity contribution in [3.63, 3.8) is 0 Å². The summed E-state index contributed by atoms with van der Waals surface area (Å²) in [7, 11) is -2.48. The van der Waals surface area contributed by atoms with Gasteiger partial charge >= 0.3 is 6.03 Å². The predicted molar refractivity (Wildman–Crippen MR) is 118 cm³/mol. The normalized spacial score (nSPS) is 16.6. The molecule has 0 bridgehead atoms. The largest absolute Gasteiger partial charge is 0.495 e. The number of anilines is 1. The van der Waals surface area contributed by atoms with Gasteiger partial charge < -0.3 is 19.3 Å². The second-order valence-electron chi connectivity index (χ2n) is 7.28. The van der Waals surface area contributed by atoms with Gasteiger partial charge in [0.25, 0.3) is 10.0 Å². The fourth-order valence-corrected chi connectivity index (χ4v) is 5.41. The molecule has 2 amide bonds. The maximum atomic E-state index is 13.0. The highest BCUT2D eigenvalue weighted by Gasteiger charge is 2.27. The van der Waals surface area contributed by atoms with Crippen molar-refractivity contribution in [2.24, 2.45) is 0 Å². The van der Waals surface area contributed by atoms with Gasteiger partial charge in [0.1, 0.15) is 10.6 Å². The Morgan fingerprint density at radius 3 is 2.71 bits per heavy atom. The van der Waals surface area contributed by atoms with Crippen molar-refractivity contribution in [1.82, 2.24) is 14.8 Å². The van der Waals surface area contributed by atoms with Crippen LogP contribution in [-0.2, 0) is 27.7 Å². The molecule has 1 fully saturated rings. The Balaban J connectivity index is 1.53. The first-order chi connectivity index (χ1) is 14.9. The summed E-state index contributed by atoms with van der Waals surface area (Å²) in [6.07, 6.45) is 2.12. The molecule has 1 N–H and O–H groups in total. The van der Waals surface area contributed by atoms with Crippen molar-refractivity contribution in [3.05, 3.63) is 46.2 Å². The van der Waals surface area contributed by atoms with Crippen LogP contribution in [0.3, 0.4) is 0 Å². The number of pyridine rings is 1. The zero-order valence-electron chi connectivity index (χ0n) is 17.0. The minimum Gasteiger partial charge on any atom is -0.495 e. The number of urea groups is 1. The van der Waals surface area contributed by atoms with E-state index in [-0.39, 0.29) is 16.7 Å². The van der Waals surface area contributed by atoms with Crippen molar-refractivity contribution in [1.29, 1.82) is 0 Å². The number of carbonyl (C=O) groups excluding carboxylic acids is 1. The van der Waals surface area contributed by atoms with Gasteiger partial charge in [0.05, 0.1) is 32.2 Å². The van der Waals surface area contributed by atoms with E-state index in [1.54, 1.807) is 28.0 Å². The van der Waals surface area contributed by atoms with Gasteiger partial charge in [0, 0.05) is 42.8 Å². The molecule has 11 heteroatoms. The van der Waals surface area contributed by atoms with Crippen LogP contribution in [0.2, 0.25) is 0 Å². The summed E-state index contributed by atoms with van der Waals surface area (Å²) in [4.78, 5) is 20.8. The molecular formula is C20H23BrN4O5S. The molecule has 0 saturated carbocycles. The number of ether oxygens (including phenoxy) is 2. The Morgan fingerprint density at radius 1 is 1.19 bits per heavy atom. The van der Waals surface area contributed by atoms with Crippen LogP contribution in [0, 0.1) is 0 Å². The Bertz CT molecular complexity index is 1090. The van der Waals surface area contributed by atoms with E-state index >= 15 is 0 Å². The lowest BCUT2D eigenvalue weighted by Gasteiger charge is -2.35. The number of fused-ring (bicyclic) bond motifs is 1. The number of rotatable bonds is 4. The van der Waals surface area contributed by atoms with E-state index in [0.29, 0.717) is 56.0 Å². The highest BCUT2D eigenvalue weighted by Crippen LogP contribution is 2.29. The number of morpholine rings is 1. The smallest absolute Gasteiger partial charge is 0.320 e. The van der Waals surface area contributed by atoms with Gasteiger partial charge in [-0.2, -0.15) is 0 Å². The van der Waals surface area contributed by atoms with E-state index in [4.69, 9.17) is 9.47 Å². The lowest BCUT2D eigenvalue weighted by Crippen LogP contribution is -2.49. The van der Waals surface area contributed by atoms with Gasteiger partial charge in [0.2, 0.25) is 0 Å². The quantitative estimate of drug-likeness (QED) is 0.677. The highest BCUT2D eigenvalue weighted by molar-refractivity contribution is 9.10. The van der Waals surface area contributed by atoms with Gasteiger partial charge in [-0.1, -0.05) is 15.9 Å². The Kier molecular flexibility index (Phi) is 6.35. The number of carbonyl (C=O) groups is 1. The molecule has 2 aliphatic rings. The fraction of sp³-hybridized carbons (Fsp3) is 0.400. The molecule has 4 rings (SSSR count). The Morgan fingerprint density at radius 2 is 1.97 bits per heavy atom. The molecule has 2 aromatic rings. The molecule has 1 saturated heterocycles. The molecule has 31 heavy (non-hydrogen) atoms. The van der Waals surface area contributed by atoms with Crippen molar-refractivity contribution >= 4 is 37.7 Å². The van der Waals surface area contributed by atoms with Crippen molar-refractivity contribution in [3.8, 4) is 5.75 Å². The Hall–Kier alpha value is -2.37. The molecule has 1 aromatic carbocycles. The van der Waals surface area contributed by atoms with Crippen LogP contribution >= 0.6 is 15.9 Å². The standard InChI is InChI=1S/C20H23BrN4O5S/c1-29-18-3-2-15(21)11-19(18)31(27,28)23-16-10-14-13-25(5-4-17(14)22-12-16)20(26)24-6-8-30-9-7-24/h2-3,10-12,23H,4-9,13H2,1H3. The second-order valence-corrected chi connectivity index (χ2v) is 9.85. The van der Waals surface area contributed by atoms with E-state index in [9.17, 15) is 13.2 Å². The monoisotopic (exact) mass is 510 g/mol. The first-order valence-corrected chi connectivity index (χ1v) is 12.1. The zero-order chi connectivity index (χ0) is 22.0. The van der Waals surface area contributed by atoms with Crippen LogP contribution in [0.5, 0.6) is 5.75 Å². The van der Waals surface area contributed by atoms with Crippen molar-refractivity contribution in [2.75, 3.05) is 44.7 Å². The summed E-state index contributed by atoms with van der Waals surface area (Å²) in [6, 6.07) is 6.48. The van der Waals surface area contributed by atoms with Gasteiger partial charge in [0.15, 0.2) is 0 Å². The summed E-state index contributed by atoms with van der Waals surface area (Å²) >= 11 is 3.30. The summed E-state index contributed by atoms with van der Waals surface area (Å²) < 4.78 is 39.6. The third-order valence-electron chi connectivity index (χ3n) is 5.26.